The molecule has 5 aromatic carbocycles. The van der Waals surface area contributed by atoms with Crippen LogP contribution < -0.4 is 0 Å². The molecular formula is C66H84O7S2. The lowest BCUT2D eigenvalue weighted by molar-refractivity contribution is 0.0826. The molecule has 4 fully saturated rings. The van der Waals surface area contributed by atoms with Gasteiger partial charge in [-0.15, -0.1) is 0 Å². The summed E-state index contributed by atoms with van der Waals surface area (Å²) in [5.74, 6) is 2.03. The summed E-state index contributed by atoms with van der Waals surface area (Å²) in [6, 6.07) is 34.5. The average molecular weight is 1050 g/mol. The highest BCUT2D eigenvalue weighted by Gasteiger charge is 2.36. The number of rotatable bonds is 32. The molecule has 0 saturated carbocycles. The first-order valence-electron chi connectivity index (χ1n) is 28.5. The molecular weight excluding hydrogens is 969 g/mol. The molecule has 0 radical (unpaired) electrons. The maximum absolute atomic E-state index is 14.2. The van der Waals surface area contributed by atoms with E-state index in [9.17, 15) is 15.0 Å². The zero-order valence-electron chi connectivity index (χ0n) is 45.3. The van der Waals surface area contributed by atoms with Gasteiger partial charge in [-0.25, -0.2) is 0 Å². The van der Waals surface area contributed by atoms with E-state index < -0.39 is 16.6 Å². The summed E-state index contributed by atoms with van der Waals surface area (Å²) in [5.41, 5.74) is 12.6. The van der Waals surface area contributed by atoms with Crippen LogP contribution in [0.25, 0.3) is 0 Å². The number of Topliss-reactive ketones (excluding diaryl/α,β-unsaturated/α-hetero) is 1. The van der Waals surface area contributed by atoms with Crippen molar-refractivity contribution in [2.24, 2.45) is 5.41 Å². The number of epoxide rings is 4. The van der Waals surface area contributed by atoms with Crippen LogP contribution in [-0.4, -0.2) is 78.3 Å². The van der Waals surface area contributed by atoms with Crippen LogP contribution in [-0.2, 0) is 87.9 Å². The molecule has 6 atom stereocenters. The minimum Gasteiger partial charge on any atom is -0.381 e. The number of aryl methyl sites for hydroxylation is 5. The van der Waals surface area contributed by atoms with Gasteiger partial charge in [0.1, 0.15) is 11.2 Å². The van der Waals surface area contributed by atoms with Crippen LogP contribution in [0.3, 0.4) is 0 Å². The van der Waals surface area contributed by atoms with Crippen molar-refractivity contribution in [3.63, 3.8) is 0 Å². The van der Waals surface area contributed by atoms with Crippen molar-refractivity contribution in [2.75, 3.05) is 37.9 Å². The van der Waals surface area contributed by atoms with Crippen molar-refractivity contribution in [2.45, 2.75) is 179 Å². The van der Waals surface area contributed by atoms with E-state index in [2.05, 4.69) is 124 Å². The van der Waals surface area contributed by atoms with Gasteiger partial charge in [-0.2, -0.15) is 25.3 Å². The molecule has 0 bridgehead atoms. The Kier molecular flexibility index (Phi) is 18.9. The zero-order chi connectivity index (χ0) is 52.6. The third-order valence-electron chi connectivity index (χ3n) is 16.6. The second-order valence-corrected chi connectivity index (χ2v) is 24.3. The van der Waals surface area contributed by atoms with Crippen LogP contribution in [0.2, 0.25) is 0 Å². The highest BCUT2D eigenvalue weighted by molar-refractivity contribution is 7.80. The smallest absolute Gasteiger partial charge is 0.168 e. The van der Waals surface area contributed by atoms with Crippen LogP contribution >= 0.6 is 25.3 Å². The number of carbonyl (C=O) groups is 1. The maximum atomic E-state index is 14.2. The number of ether oxygens (including phenoxy) is 4. The van der Waals surface area contributed by atoms with Gasteiger partial charge >= 0.3 is 0 Å². The predicted octanol–water partition coefficient (Wildman–Crippen LogP) is 12.7. The Bertz CT molecular complexity index is 2690. The molecule has 75 heavy (non-hydrogen) atoms. The minimum absolute atomic E-state index is 0.144. The summed E-state index contributed by atoms with van der Waals surface area (Å²) in [6.07, 6.45) is 18.8. The number of unbranched alkanes of at least 4 members (excludes halogenated alkanes) is 6. The van der Waals surface area contributed by atoms with Crippen LogP contribution in [0.15, 0.2) is 97.1 Å². The Morgan fingerprint density at radius 1 is 0.453 bits per heavy atom. The highest BCUT2D eigenvalue weighted by atomic mass is 32.1. The summed E-state index contributed by atoms with van der Waals surface area (Å²) < 4.78 is 22.8. The number of hydrogen-bond acceptors (Lipinski definition) is 9. The van der Waals surface area contributed by atoms with E-state index in [1.165, 1.54) is 64.6 Å². The van der Waals surface area contributed by atoms with Crippen molar-refractivity contribution < 1.29 is 34.0 Å². The molecule has 4 heterocycles. The average Bonchev–Trinajstić information content (AvgIpc) is 4.13. The molecule has 7 nitrogen and oxygen atoms in total. The van der Waals surface area contributed by atoms with Crippen molar-refractivity contribution >= 4 is 31.0 Å². The fraction of sp³-hybridized carbons (Fsp3) is 0.530. The summed E-state index contributed by atoms with van der Waals surface area (Å²) in [7, 11) is 0. The van der Waals surface area contributed by atoms with Crippen molar-refractivity contribution in [3.05, 3.63) is 175 Å². The molecule has 0 aromatic heterocycles. The molecule has 9 rings (SSSR count). The largest absolute Gasteiger partial charge is 0.381 e. The van der Waals surface area contributed by atoms with E-state index in [0.29, 0.717) is 6.42 Å². The summed E-state index contributed by atoms with van der Waals surface area (Å²) in [5, 5.41) is 24.8. The Balaban J connectivity index is 0.831. The summed E-state index contributed by atoms with van der Waals surface area (Å²) in [6.45, 7) is 11.1. The molecule has 4 aliphatic rings. The van der Waals surface area contributed by atoms with E-state index in [-0.39, 0.29) is 30.2 Å². The van der Waals surface area contributed by atoms with Crippen LogP contribution in [0.1, 0.15) is 168 Å². The van der Waals surface area contributed by atoms with Gasteiger partial charge in [-0.05, 0) is 162 Å². The molecule has 0 amide bonds. The predicted molar refractivity (Wildman–Crippen MR) is 309 cm³/mol. The van der Waals surface area contributed by atoms with Crippen LogP contribution in [0.4, 0.5) is 0 Å². The molecule has 2 N–H and O–H groups in total. The first kappa shape index (κ1) is 56.0. The second-order valence-electron chi connectivity index (χ2n) is 23.4. The SMILES string of the molecule is CC(C)(CCc1ccc(C(C)(O)c2ccc(CCCCCCS)c(CC3CO3)c2)c(CC2CO2)c1)C(=O)c1ccc(CCc2ccc(C(C)(O)c3ccc(CCCCCCS)cc3CC3CO3)cc2CC2CO2)cc1. The third kappa shape index (κ3) is 15.5. The maximum Gasteiger partial charge on any atom is 0.168 e. The van der Waals surface area contributed by atoms with E-state index in [1.54, 1.807) is 0 Å². The van der Waals surface area contributed by atoms with Crippen molar-refractivity contribution in [1.29, 1.82) is 0 Å². The van der Waals surface area contributed by atoms with Gasteiger partial charge in [0.2, 0.25) is 0 Å². The monoisotopic (exact) mass is 1050 g/mol. The van der Waals surface area contributed by atoms with Gasteiger partial charge in [0.25, 0.3) is 0 Å². The van der Waals surface area contributed by atoms with Crippen LogP contribution in [0.5, 0.6) is 0 Å². The molecule has 5 aromatic rings. The third-order valence-corrected chi connectivity index (χ3v) is 17.2. The fourth-order valence-electron chi connectivity index (χ4n) is 11.3. The van der Waals surface area contributed by atoms with Gasteiger partial charge in [-0.3, -0.25) is 4.79 Å². The lowest BCUT2D eigenvalue weighted by Gasteiger charge is -2.29. The van der Waals surface area contributed by atoms with Crippen LogP contribution in [0, 0.1) is 5.41 Å². The Morgan fingerprint density at radius 2 is 0.867 bits per heavy atom. The minimum atomic E-state index is -1.19. The van der Waals surface area contributed by atoms with Gasteiger partial charge in [0.05, 0.1) is 50.8 Å². The number of thiol groups is 2. The molecule has 9 heteroatoms. The normalized spacial score (nSPS) is 20.4. The topological polar surface area (TPSA) is 108 Å². The first-order chi connectivity index (χ1) is 36.2. The van der Waals surface area contributed by atoms with Crippen molar-refractivity contribution in [1.82, 2.24) is 0 Å². The van der Waals surface area contributed by atoms with E-state index in [4.69, 9.17) is 18.9 Å². The summed E-state index contributed by atoms with van der Waals surface area (Å²) in [4.78, 5) is 14.2. The van der Waals surface area contributed by atoms with Gasteiger partial charge in [0.15, 0.2) is 5.78 Å². The number of carbonyl (C=O) groups excluding carboxylic acids is 1. The molecule has 6 unspecified atom stereocenters. The lowest BCUT2D eigenvalue weighted by Crippen LogP contribution is -2.26. The van der Waals surface area contributed by atoms with Gasteiger partial charge < -0.3 is 29.2 Å². The fourth-order valence-corrected chi connectivity index (χ4v) is 11.7. The molecule has 402 valence electrons. The molecule has 0 spiro atoms. The number of hydrogen-bond donors (Lipinski definition) is 4. The Morgan fingerprint density at radius 3 is 1.33 bits per heavy atom. The Hall–Kier alpha value is -3.77. The van der Waals surface area contributed by atoms with Gasteiger partial charge in [-0.1, -0.05) is 137 Å². The number of benzene rings is 5. The standard InChI is InChI=1S/C66H84O7S2/c1-64(2,30-29-47-19-28-62(54(34-47)40-60-44-73-60)65(3,68)55-25-23-48(14-10-6-8-12-32-75)51(35-55)37-57-41-70-57)63(67)50-21-16-45(17-22-50)15-20-49-24-26-56(36-52(49)38-58-42-71-58)66(4,69)61-27-18-46(13-9-5-7-11-31-74)33-53(61)39-59-43-72-59/h16-19,21-28,33-36,57-60,68-69,74-75H,5-15,20,29-32,37-44H2,1-4H3. The van der Waals surface area contributed by atoms with Crippen molar-refractivity contribution in [3.8, 4) is 0 Å². The number of ketones is 1. The quantitative estimate of drug-likeness (QED) is 0.0147. The van der Waals surface area contributed by atoms with E-state index in [1.807, 2.05) is 26.0 Å². The number of aliphatic hydroxyl groups is 2. The Labute approximate surface area is 459 Å². The van der Waals surface area contributed by atoms with Gasteiger partial charge in [0, 0.05) is 36.7 Å². The zero-order valence-corrected chi connectivity index (χ0v) is 47.1. The second kappa shape index (κ2) is 25.4. The van der Waals surface area contributed by atoms with E-state index in [0.717, 1.165) is 160 Å². The molecule has 4 aliphatic heterocycles. The molecule has 4 saturated heterocycles. The van der Waals surface area contributed by atoms with E-state index >= 15 is 0 Å². The lowest BCUT2D eigenvalue weighted by atomic mass is 9.78. The molecule has 0 aliphatic carbocycles. The summed E-state index contributed by atoms with van der Waals surface area (Å²) >= 11 is 8.75. The first-order valence-corrected chi connectivity index (χ1v) is 29.7. The highest BCUT2D eigenvalue weighted by Crippen LogP contribution is 2.39.